The molecule has 1 aromatic carbocycles. The average molecular weight is 211 g/mol. The predicted octanol–water partition coefficient (Wildman–Crippen LogP) is 1.08. The van der Waals surface area contributed by atoms with E-state index in [0.29, 0.717) is 11.5 Å². The van der Waals surface area contributed by atoms with Gasteiger partial charge in [-0.15, -0.1) is 0 Å². The third-order valence-electron chi connectivity index (χ3n) is 2.31. The highest BCUT2D eigenvalue weighted by molar-refractivity contribution is 5.43. The smallest absolute Gasteiger partial charge is 0.161 e. The maximum absolute atomic E-state index is 9.37. The second kappa shape index (κ2) is 5.00. The van der Waals surface area contributed by atoms with Crippen molar-refractivity contribution in [1.82, 2.24) is 0 Å². The van der Waals surface area contributed by atoms with Crippen molar-refractivity contribution in [3.05, 3.63) is 23.8 Å². The van der Waals surface area contributed by atoms with Crippen LogP contribution in [0.5, 0.6) is 11.5 Å². The van der Waals surface area contributed by atoms with Crippen molar-refractivity contribution >= 4 is 0 Å². The number of rotatable bonds is 4. The SMILES string of the molecule is COc1ccc([C@H](N)[C@H](C)O)cc1OC. The lowest BCUT2D eigenvalue weighted by molar-refractivity contribution is 0.164. The van der Waals surface area contributed by atoms with Crippen LogP contribution in [0.2, 0.25) is 0 Å². The number of ether oxygens (including phenoxy) is 2. The van der Waals surface area contributed by atoms with E-state index in [9.17, 15) is 5.11 Å². The van der Waals surface area contributed by atoms with Crippen LogP contribution in [0.4, 0.5) is 0 Å². The second-order valence-electron chi connectivity index (χ2n) is 3.38. The van der Waals surface area contributed by atoms with Crippen LogP contribution in [0.3, 0.4) is 0 Å². The fourth-order valence-corrected chi connectivity index (χ4v) is 1.34. The van der Waals surface area contributed by atoms with Crippen LogP contribution in [-0.4, -0.2) is 25.4 Å². The standard InChI is InChI=1S/C11H17NO3/c1-7(13)11(12)8-4-5-9(14-2)10(6-8)15-3/h4-7,11,13H,12H2,1-3H3/t7-,11+/m0/s1. The summed E-state index contributed by atoms with van der Waals surface area (Å²) >= 11 is 0. The molecule has 0 fully saturated rings. The summed E-state index contributed by atoms with van der Waals surface area (Å²) in [5.41, 5.74) is 6.63. The molecule has 0 radical (unpaired) electrons. The zero-order valence-corrected chi connectivity index (χ0v) is 9.23. The first-order chi connectivity index (χ1) is 7.10. The maximum atomic E-state index is 9.37. The number of hydrogen-bond donors (Lipinski definition) is 2. The Morgan fingerprint density at radius 3 is 2.27 bits per heavy atom. The molecule has 0 aliphatic rings. The topological polar surface area (TPSA) is 64.7 Å². The van der Waals surface area contributed by atoms with E-state index in [2.05, 4.69) is 0 Å². The fourth-order valence-electron chi connectivity index (χ4n) is 1.34. The first-order valence-electron chi connectivity index (χ1n) is 4.75. The van der Waals surface area contributed by atoms with E-state index in [1.807, 2.05) is 6.07 Å². The molecule has 3 N–H and O–H groups in total. The molecule has 15 heavy (non-hydrogen) atoms. The summed E-state index contributed by atoms with van der Waals surface area (Å²) < 4.78 is 10.2. The monoisotopic (exact) mass is 211 g/mol. The Bertz CT molecular complexity index is 326. The highest BCUT2D eigenvalue weighted by atomic mass is 16.5. The number of benzene rings is 1. The minimum absolute atomic E-state index is 0.412. The number of aliphatic hydroxyl groups excluding tert-OH is 1. The van der Waals surface area contributed by atoms with Crippen LogP contribution in [0, 0.1) is 0 Å². The molecule has 0 heterocycles. The van der Waals surface area contributed by atoms with Gasteiger partial charge >= 0.3 is 0 Å². The van der Waals surface area contributed by atoms with Crippen molar-refractivity contribution in [3.63, 3.8) is 0 Å². The maximum Gasteiger partial charge on any atom is 0.161 e. The minimum Gasteiger partial charge on any atom is -0.493 e. The highest BCUT2D eigenvalue weighted by Gasteiger charge is 2.14. The summed E-state index contributed by atoms with van der Waals surface area (Å²) in [5.74, 6) is 1.27. The molecule has 0 saturated heterocycles. The van der Waals surface area contributed by atoms with Gasteiger partial charge < -0.3 is 20.3 Å². The van der Waals surface area contributed by atoms with E-state index in [1.54, 1.807) is 33.3 Å². The average Bonchev–Trinajstić information content (AvgIpc) is 2.26. The molecule has 4 heteroatoms. The van der Waals surface area contributed by atoms with Gasteiger partial charge in [-0.1, -0.05) is 6.07 Å². The van der Waals surface area contributed by atoms with E-state index in [-0.39, 0.29) is 0 Å². The first-order valence-corrected chi connectivity index (χ1v) is 4.75. The van der Waals surface area contributed by atoms with Crippen LogP contribution >= 0.6 is 0 Å². The third kappa shape index (κ3) is 2.61. The summed E-state index contributed by atoms with van der Waals surface area (Å²) in [6.45, 7) is 1.65. The molecule has 1 aromatic rings. The van der Waals surface area contributed by atoms with Gasteiger partial charge in [-0.05, 0) is 24.6 Å². The van der Waals surface area contributed by atoms with Crippen molar-refractivity contribution in [2.24, 2.45) is 5.73 Å². The molecule has 2 atom stereocenters. The Hall–Kier alpha value is -1.26. The molecule has 0 unspecified atom stereocenters. The predicted molar refractivity (Wildman–Crippen MR) is 58.2 cm³/mol. The summed E-state index contributed by atoms with van der Waals surface area (Å²) in [7, 11) is 3.14. The largest absolute Gasteiger partial charge is 0.493 e. The lowest BCUT2D eigenvalue weighted by Crippen LogP contribution is -2.23. The lowest BCUT2D eigenvalue weighted by atomic mass is 10.0. The molecule has 4 nitrogen and oxygen atoms in total. The Morgan fingerprint density at radius 1 is 1.20 bits per heavy atom. The zero-order valence-electron chi connectivity index (χ0n) is 9.23. The van der Waals surface area contributed by atoms with E-state index < -0.39 is 12.1 Å². The molecule has 0 aliphatic carbocycles. The van der Waals surface area contributed by atoms with Crippen LogP contribution < -0.4 is 15.2 Å². The zero-order chi connectivity index (χ0) is 11.4. The van der Waals surface area contributed by atoms with E-state index in [0.717, 1.165) is 5.56 Å². The van der Waals surface area contributed by atoms with Gasteiger partial charge in [0.25, 0.3) is 0 Å². The van der Waals surface area contributed by atoms with Crippen molar-refractivity contribution < 1.29 is 14.6 Å². The number of methoxy groups -OCH3 is 2. The van der Waals surface area contributed by atoms with Gasteiger partial charge in [0.05, 0.1) is 26.4 Å². The number of hydrogen-bond acceptors (Lipinski definition) is 4. The van der Waals surface area contributed by atoms with Crippen molar-refractivity contribution in [2.75, 3.05) is 14.2 Å². The van der Waals surface area contributed by atoms with Crippen LogP contribution in [0.25, 0.3) is 0 Å². The fraction of sp³-hybridized carbons (Fsp3) is 0.455. The minimum atomic E-state index is -0.594. The Morgan fingerprint density at radius 2 is 1.80 bits per heavy atom. The quantitative estimate of drug-likeness (QED) is 0.782. The molecule has 0 amide bonds. The summed E-state index contributed by atoms with van der Waals surface area (Å²) in [4.78, 5) is 0. The van der Waals surface area contributed by atoms with Crippen LogP contribution in [-0.2, 0) is 0 Å². The Kier molecular flexibility index (Phi) is 3.94. The van der Waals surface area contributed by atoms with Gasteiger partial charge in [0.15, 0.2) is 11.5 Å². The molecular weight excluding hydrogens is 194 g/mol. The molecule has 0 bridgehead atoms. The molecule has 0 aliphatic heterocycles. The molecular formula is C11H17NO3. The van der Waals surface area contributed by atoms with Crippen molar-refractivity contribution in [1.29, 1.82) is 0 Å². The molecule has 0 aromatic heterocycles. The van der Waals surface area contributed by atoms with E-state index in [4.69, 9.17) is 15.2 Å². The Balaban J connectivity index is 3.02. The van der Waals surface area contributed by atoms with E-state index >= 15 is 0 Å². The first kappa shape index (κ1) is 11.8. The summed E-state index contributed by atoms with van der Waals surface area (Å²) in [5, 5.41) is 9.37. The Labute approximate surface area is 89.6 Å². The second-order valence-corrected chi connectivity index (χ2v) is 3.38. The normalized spacial score (nSPS) is 14.5. The summed E-state index contributed by atoms with van der Waals surface area (Å²) in [6, 6.07) is 4.95. The molecule has 1 rings (SSSR count). The van der Waals surface area contributed by atoms with Gasteiger partial charge in [0.2, 0.25) is 0 Å². The van der Waals surface area contributed by atoms with Crippen LogP contribution in [0.15, 0.2) is 18.2 Å². The van der Waals surface area contributed by atoms with E-state index in [1.165, 1.54) is 0 Å². The third-order valence-corrected chi connectivity index (χ3v) is 2.31. The van der Waals surface area contributed by atoms with Crippen molar-refractivity contribution in [3.8, 4) is 11.5 Å². The van der Waals surface area contributed by atoms with Gasteiger partial charge in [0, 0.05) is 0 Å². The van der Waals surface area contributed by atoms with Gasteiger partial charge in [0.1, 0.15) is 0 Å². The molecule has 0 spiro atoms. The van der Waals surface area contributed by atoms with Crippen LogP contribution in [0.1, 0.15) is 18.5 Å². The summed E-state index contributed by atoms with van der Waals surface area (Å²) in [6.07, 6.45) is -0.594. The molecule has 84 valence electrons. The highest BCUT2D eigenvalue weighted by Crippen LogP contribution is 2.30. The van der Waals surface area contributed by atoms with Crippen molar-refractivity contribution in [2.45, 2.75) is 19.1 Å². The molecule has 0 saturated carbocycles. The van der Waals surface area contributed by atoms with Gasteiger partial charge in [-0.3, -0.25) is 0 Å². The number of aliphatic hydroxyl groups is 1. The van der Waals surface area contributed by atoms with Gasteiger partial charge in [-0.2, -0.15) is 0 Å². The number of nitrogens with two attached hydrogens (primary N) is 1. The lowest BCUT2D eigenvalue weighted by Gasteiger charge is -2.17. The van der Waals surface area contributed by atoms with Gasteiger partial charge in [-0.25, -0.2) is 0 Å².